The second-order valence-corrected chi connectivity index (χ2v) is 19.9. The minimum Gasteiger partial charge on any atom is -0.460 e. The highest BCUT2D eigenvalue weighted by Gasteiger charge is 2.53. The zero-order valence-electron chi connectivity index (χ0n) is 39.4. The smallest absolute Gasteiger partial charge is 0.329 e. The molecule has 13 heteroatoms. The lowest BCUT2D eigenvalue weighted by Gasteiger charge is -2.42. The number of cyclic esters (lactones) is 1. The summed E-state index contributed by atoms with van der Waals surface area (Å²) in [4.78, 5) is 57.8. The van der Waals surface area contributed by atoms with Crippen LogP contribution in [0.15, 0.2) is 59.8 Å². The van der Waals surface area contributed by atoms with Crippen LogP contribution in [0.4, 0.5) is 0 Å². The Kier molecular flexibility index (Phi) is 20.4. The van der Waals surface area contributed by atoms with E-state index in [2.05, 4.69) is 13.5 Å². The quantitative estimate of drug-likeness (QED) is 0.112. The molecule has 2 bridgehead atoms. The number of carbonyl (C=O) groups excluding carboxylic acids is 4. The molecule has 1 unspecified atom stereocenters. The van der Waals surface area contributed by atoms with Gasteiger partial charge in [0.05, 0.1) is 31.0 Å². The second-order valence-electron chi connectivity index (χ2n) is 19.9. The van der Waals surface area contributed by atoms with Crippen molar-refractivity contribution in [3.05, 3.63) is 59.8 Å². The van der Waals surface area contributed by atoms with Gasteiger partial charge in [-0.3, -0.25) is 14.4 Å². The molecular formula is C51H79NO12. The molecule has 15 atom stereocenters. The largest absolute Gasteiger partial charge is 0.460 e. The number of hydrogen-bond donors (Lipinski definition) is 6. The van der Waals surface area contributed by atoms with Crippen molar-refractivity contribution in [2.75, 3.05) is 19.8 Å². The van der Waals surface area contributed by atoms with Crippen molar-refractivity contribution in [2.24, 2.45) is 47.3 Å². The van der Waals surface area contributed by atoms with E-state index in [1.165, 1.54) is 0 Å². The Morgan fingerprint density at radius 3 is 2.28 bits per heavy atom. The molecular weight excluding hydrogens is 819 g/mol. The van der Waals surface area contributed by atoms with Gasteiger partial charge >= 0.3 is 5.97 Å². The number of allylic oxidation sites excluding steroid dienone is 6. The number of aliphatic hydroxyl groups is 6. The van der Waals surface area contributed by atoms with Crippen molar-refractivity contribution in [2.45, 2.75) is 168 Å². The molecule has 4 aliphatic rings. The molecule has 6 N–H and O–H groups in total. The molecule has 0 aromatic heterocycles. The first kappa shape index (κ1) is 53.3. The van der Waals surface area contributed by atoms with Crippen LogP contribution in [-0.4, -0.2) is 121 Å². The van der Waals surface area contributed by atoms with Crippen LogP contribution >= 0.6 is 0 Å². The predicted molar refractivity (Wildman–Crippen MR) is 244 cm³/mol. The summed E-state index contributed by atoms with van der Waals surface area (Å²) in [6.07, 6.45) is 11.8. The molecule has 1 saturated carbocycles. The van der Waals surface area contributed by atoms with E-state index >= 15 is 0 Å². The van der Waals surface area contributed by atoms with Gasteiger partial charge in [-0.1, -0.05) is 83.2 Å². The SMILES string of the molecule is C=C1[C@H](C)C[C@H](C)/C=C/C=C/C=C(\C)C(O)C[C@@H]2CC[C@@H](C)[C@@](O)(O2)C(=O)C(=O)N2CCCC[C@H]2C(=O)O[C@H]([C@H](C)C[C@@H]2CC[C@@H](O)[C@H](CO)C2)CC(=O)[C@H](C)/C=C(\C)[C@@H](O)[C@H]1CO. The lowest BCUT2D eigenvalue weighted by molar-refractivity contribution is -0.265. The maximum absolute atomic E-state index is 14.3. The number of ether oxygens (including phenoxy) is 2. The third-order valence-electron chi connectivity index (χ3n) is 14.7. The Hall–Kier alpha value is -3.30. The van der Waals surface area contributed by atoms with E-state index in [-0.39, 0.29) is 74.4 Å². The van der Waals surface area contributed by atoms with Gasteiger partial charge in [0.25, 0.3) is 11.7 Å². The third-order valence-corrected chi connectivity index (χ3v) is 14.7. The molecule has 1 amide bonds. The highest BCUT2D eigenvalue weighted by Crippen LogP contribution is 2.38. The predicted octanol–water partition coefficient (Wildman–Crippen LogP) is 5.70. The molecule has 360 valence electrons. The fourth-order valence-electron chi connectivity index (χ4n) is 10.2. The second kappa shape index (κ2) is 24.5. The van der Waals surface area contributed by atoms with Gasteiger partial charge in [0.1, 0.15) is 17.9 Å². The van der Waals surface area contributed by atoms with Crippen LogP contribution in [0.5, 0.6) is 0 Å². The van der Waals surface area contributed by atoms with Gasteiger partial charge in [0.2, 0.25) is 5.79 Å². The van der Waals surface area contributed by atoms with E-state index in [9.17, 15) is 49.8 Å². The van der Waals surface area contributed by atoms with Gasteiger partial charge in [-0.05, 0) is 113 Å². The molecule has 1 aliphatic carbocycles. The van der Waals surface area contributed by atoms with E-state index in [1.807, 2.05) is 38.2 Å². The standard InChI is InChI=1S/C51H79NO12/c1-30-14-10-9-11-15-31(2)44(56)26-40-19-17-36(7)51(62,64-40)48(59)49(60)52-21-13-12-16-42(52)50(61)63-46(34(5)24-38-18-20-43(55)39(25-38)28-53)27-45(57)33(4)23-35(6)47(58)41(29-54)37(8)32(3)22-30/h9-11,14-15,23,30,32-34,36,38-44,46-47,53-56,58,62H,8,12-13,16-22,24-29H2,1-7H3/b11-9+,14-10+,31-15+,35-23+/t30-,32-,33-,34-,36-,38+,39+,40+,41+,42+,43-,44?,46+,47-,51-/m1/s1. The summed E-state index contributed by atoms with van der Waals surface area (Å²) in [5.74, 6) is -8.35. The van der Waals surface area contributed by atoms with Gasteiger partial charge in [-0.15, -0.1) is 0 Å². The number of hydrogen-bond acceptors (Lipinski definition) is 12. The van der Waals surface area contributed by atoms with E-state index < -0.39 is 77.8 Å². The minimum absolute atomic E-state index is 0.0547. The number of piperidine rings is 1. The number of ketones is 2. The van der Waals surface area contributed by atoms with Crippen molar-refractivity contribution in [3.63, 3.8) is 0 Å². The summed E-state index contributed by atoms with van der Waals surface area (Å²) in [5.41, 5.74) is 1.83. The number of rotatable bonds is 5. The molecule has 3 fully saturated rings. The first-order valence-corrected chi connectivity index (χ1v) is 23.8. The fourth-order valence-corrected chi connectivity index (χ4v) is 10.2. The Balaban J connectivity index is 1.69. The van der Waals surface area contributed by atoms with Crippen molar-refractivity contribution in [1.82, 2.24) is 4.90 Å². The van der Waals surface area contributed by atoms with E-state index in [0.29, 0.717) is 74.5 Å². The number of aliphatic hydroxyl groups excluding tert-OH is 5. The summed E-state index contributed by atoms with van der Waals surface area (Å²) >= 11 is 0. The normalized spacial score (nSPS) is 40.9. The number of Topliss-reactive ketones (excluding diaryl/α,β-unsaturated/α-hetero) is 2. The fraction of sp³-hybridized carbons (Fsp3) is 0.725. The monoisotopic (exact) mass is 898 g/mol. The summed E-state index contributed by atoms with van der Waals surface area (Å²) in [6.45, 7) is 16.6. The van der Waals surface area contributed by atoms with Crippen molar-refractivity contribution in [1.29, 1.82) is 0 Å². The summed E-state index contributed by atoms with van der Waals surface area (Å²) in [7, 11) is 0. The Morgan fingerprint density at radius 2 is 1.59 bits per heavy atom. The Bertz CT molecular complexity index is 1740. The number of fused-ring (bicyclic) bond motifs is 3. The van der Waals surface area contributed by atoms with Gasteiger partial charge in [0, 0.05) is 49.7 Å². The van der Waals surface area contributed by atoms with Crippen LogP contribution in [-0.2, 0) is 28.7 Å². The van der Waals surface area contributed by atoms with Crippen LogP contribution in [0.2, 0.25) is 0 Å². The van der Waals surface area contributed by atoms with E-state index in [4.69, 9.17) is 9.47 Å². The average Bonchev–Trinajstić information content (AvgIpc) is 3.26. The van der Waals surface area contributed by atoms with Gasteiger partial charge < -0.3 is 45.0 Å². The number of amides is 1. The van der Waals surface area contributed by atoms with Gasteiger partial charge in [-0.25, -0.2) is 4.79 Å². The molecule has 0 spiro atoms. The number of carbonyl (C=O) groups is 4. The number of nitrogens with zero attached hydrogens (tertiary/aromatic N) is 1. The lowest BCUT2D eigenvalue weighted by atomic mass is 9.75. The average molecular weight is 898 g/mol. The first-order valence-electron chi connectivity index (χ1n) is 23.8. The summed E-state index contributed by atoms with van der Waals surface area (Å²) < 4.78 is 12.3. The van der Waals surface area contributed by atoms with Gasteiger partial charge in [-0.2, -0.15) is 0 Å². The van der Waals surface area contributed by atoms with Crippen LogP contribution in [0.25, 0.3) is 0 Å². The number of esters is 1. The lowest BCUT2D eigenvalue weighted by Crippen LogP contribution is -2.61. The molecule has 0 radical (unpaired) electrons. The maximum Gasteiger partial charge on any atom is 0.329 e. The Morgan fingerprint density at radius 1 is 0.875 bits per heavy atom. The third kappa shape index (κ3) is 13.9. The zero-order chi connectivity index (χ0) is 47.5. The molecule has 3 aliphatic heterocycles. The van der Waals surface area contributed by atoms with Crippen LogP contribution < -0.4 is 0 Å². The van der Waals surface area contributed by atoms with Crippen molar-refractivity contribution >= 4 is 23.4 Å². The Labute approximate surface area is 381 Å². The molecule has 4 rings (SSSR count). The van der Waals surface area contributed by atoms with Gasteiger partial charge in [0.15, 0.2) is 0 Å². The molecule has 2 saturated heterocycles. The molecule has 0 aromatic carbocycles. The molecule has 64 heavy (non-hydrogen) atoms. The summed E-state index contributed by atoms with van der Waals surface area (Å²) in [5, 5.41) is 65.3. The molecule has 13 nitrogen and oxygen atoms in total. The zero-order valence-corrected chi connectivity index (χ0v) is 39.4. The van der Waals surface area contributed by atoms with Crippen LogP contribution in [0, 0.1) is 47.3 Å². The molecule has 3 heterocycles. The topological polar surface area (TPSA) is 211 Å². The molecule has 0 aromatic rings. The van der Waals surface area contributed by atoms with Crippen LogP contribution in [0.1, 0.15) is 126 Å². The highest BCUT2D eigenvalue weighted by atomic mass is 16.6. The van der Waals surface area contributed by atoms with Crippen molar-refractivity contribution < 1.29 is 59.3 Å². The van der Waals surface area contributed by atoms with E-state index in [0.717, 1.165) is 4.90 Å². The summed E-state index contributed by atoms with van der Waals surface area (Å²) in [6, 6.07) is -1.16. The van der Waals surface area contributed by atoms with E-state index in [1.54, 1.807) is 39.8 Å². The first-order chi connectivity index (χ1) is 30.2. The van der Waals surface area contributed by atoms with Crippen LogP contribution in [0.3, 0.4) is 0 Å². The minimum atomic E-state index is -2.48. The maximum atomic E-state index is 14.3. The highest BCUT2D eigenvalue weighted by molar-refractivity contribution is 6.39. The van der Waals surface area contributed by atoms with Crippen molar-refractivity contribution in [3.8, 4) is 0 Å².